The number of hydrogen-bond donors (Lipinski definition) is 0. The van der Waals surface area contributed by atoms with E-state index >= 15 is 0 Å². The number of rotatable bonds is 2. The monoisotopic (exact) mass is 257 g/mol. The quantitative estimate of drug-likeness (QED) is 0.656. The van der Waals surface area contributed by atoms with E-state index in [9.17, 15) is 0 Å². The molecular formula is C14H12ClN3. The number of benzene rings is 1. The average Bonchev–Trinajstić information content (AvgIpc) is 2.82. The summed E-state index contributed by atoms with van der Waals surface area (Å²) in [6, 6.07) is 12.5. The summed E-state index contributed by atoms with van der Waals surface area (Å²) in [5.41, 5.74) is 2.11. The minimum atomic E-state index is 0.217. The molecular weight excluding hydrogens is 246 g/mol. The Hall–Kier alpha value is -1.87. The van der Waals surface area contributed by atoms with Crippen LogP contribution in [0.25, 0.3) is 11.0 Å². The van der Waals surface area contributed by atoms with Crippen molar-refractivity contribution in [3.8, 4) is 0 Å². The van der Waals surface area contributed by atoms with E-state index < -0.39 is 0 Å². The van der Waals surface area contributed by atoms with Crippen molar-refractivity contribution in [2.75, 3.05) is 0 Å². The van der Waals surface area contributed by atoms with Gasteiger partial charge in [0.25, 0.3) is 0 Å². The molecule has 4 heteroatoms. The van der Waals surface area contributed by atoms with Gasteiger partial charge in [-0.25, -0.2) is 4.98 Å². The van der Waals surface area contributed by atoms with E-state index in [1.54, 1.807) is 6.20 Å². The van der Waals surface area contributed by atoms with Gasteiger partial charge in [-0.15, -0.1) is 0 Å². The van der Waals surface area contributed by atoms with Crippen LogP contribution >= 0.6 is 11.6 Å². The van der Waals surface area contributed by atoms with Crippen LogP contribution in [0.5, 0.6) is 0 Å². The van der Waals surface area contributed by atoms with Crippen molar-refractivity contribution >= 4 is 22.6 Å². The lowest BCUT2D eigenvalue weighted by Crippen LogP contribution is -2.06. The van der Waals surface area contributed by atoms with Gasteiger partial charge in [0.15, 0.2) is 0 Å². The van der Waals surface area contributed by atoms with E-state index in [0.29, 0.717) is 0 Å². The van der Waals surface area contributed by atoms with Gasteiger partial charge in [0.05, 0.1) is 6.04 Å². The van der Waals surface area contributed by atoms with Gasteiger partial charge in [-0.1, -0.05) is 30.3 Å². The largest absolute Gasteiger partial charge is 0.325 e. The number of hydrogen-bond acceptors (Lipinski definition) is 2. The van der Waals surface area contributed by atoms with E-state index in [0.717, 1.165) is 11.0 Å². The number of halogens is 1. The molecule has 3 nitrogen and oxygen atoms in total. The summed E-state index contributed by atoms with van der Waals surface area (Å²) in [5.74, 6) is 0. The Morgan fingerprint density at radius 2 is 1.94 bits per heavy atom. The Bertz CT molecular complexity index is 676. The third kappa shape index (κ3) is 1.87. The maximum atomic E-state index is 5.86. The fourth-order valence-electron chi connectivity index (χ4n) is 2.12. The minimum Gasteiger partial charge on any atom is -0.325 e. The Labute approximate surface area is 110 Å². The summed E-state index contributed by atoms with van der Waals surface area (Å²) in [6.45, 7) is 2.14. The standard InChI is InChI=1S/C14H12ClN3/c1-10(11-5-3-2-4-6-11)18-8-7-12-9-16-14(15)17-13(12)18/h2-10H,1H3. The third-order valence-corrected chi connectivity index (χ3v) is 3.31. The Kier molecular flexibility index (Phi) is 2.76. The van der Waals surface area contributed by atoms with Crippen molar-refractivity contribution in [1.29, 1.82) is 0 Å². The van der Waals surface area contributed by atoms with Crippen LogP contribution in [0.1, 0.15) is 18.5 Å². The first-order valence-electron chi connectivity index (χ1n) is 5.80. The highest BCUT2D eigenvalue weighted by atomic mass is 35.5. The molecule has 2 aromatic heterocycles. The van der Waals surface area contributed by atoms with Crippen LogP contribution in [0.15, 0.2) is 48.8 Å². The van der Waals surface area contributed by atoms with Gasteiger partial charge in [-0.2, -0.15) is 4.98 Å². The molecule has 18 heavy (non-hydrogen) atoms. The molecule has 0 bridgehead atoms. The molecule has 3 aromatic rings. The molecule has 0 radical (unpaired) electrons. The Morgan fingerprint density at radius 1 is 1.17 bits per heavy atom. The predicted octanol–water partition coefficient (Wildman–Crippen LogP) is 3.69. The van der Waals surface area contributed by atoms with Gasteiger partial charge in [0.2, 0.25) is 5.28 Å². The van der Waals surface area contributed by atoms with Crippen molar-refractivity contribution in [2.24, 2.45) is 0 Å². The van der Waals surface area contributed by atoms with Gasteiger partial charge in [-0.3, -0.25) is 0 Å². The zero-order valence-electron chi connectivity index (χ0n) is 9.92. The normalized spacial score (nSPS) is 12.8. The lowest BCUT2D eigenvalue weighted by atomic mass is 10.1. The third-order valence-electron chi connectivity index (χ3n) is 3.13. The summed E-state index contributed by atoms with van der Waals surface area (Å²) >= 11 is 5.86. The van der Waals surface area contributed by atoms with Crippen LogP contribution in [-0.2, 0) is 0 Å². The molecule has 90 valence electrons. The van der Waals surface area contributed by atoms with E-state index in [4.69, 9.17) is 11.6 Å². The first-order chi connectivity index (χ1) is 8.75. The highest BCUT2D eigenvalue weighted by molar-refractivity contribution is 6.28. The van der Waals surface area contributed by atoms with Gasteiger partial charge in [0, 0.05) is 17.8 Å². The van der Waals surface area contributed by atoms with Crippen LogP contribution in [0.4, 0.5) is 0 Å². The van der Waals surface area contributed by atoms with Gasteiger partial charge < -0.3 is 4.57 Å². The SMILES string of the molecule is CC(c1ccccc1)n1ccc2cnc(Cl)nc21. The molecule has 0 aliphatic rings. The van der Waals surface area contributed by atoms with Gasteiger partial charge in [0.1, 0.15) is 5.65 Å². The molecule has 0 aliphatic heterocycles. The first-order valence-corrected chi connectivity index (χ1v) is 6.17. The van der Waals surface area contributed by atoms with E-state index in [1.807, 2.05) is 30.5 Å². The van der Waals surface area contributed by atoms with Crippen molar-refractivity contribution in [3.05, 3.63) is 59.6 Å². The van der Waals surface area contributed by atoms with Crippen LogP contribution in [0, 0.1) is 0 Å². The summed E-state index contributed by atoms with van der Waals surface area (Å²) in [6.07, 6.45) is 3.77. The second-order valence-corrected chi connectivity index (χ2v) is 4.57. The smallest absolute Gasteiger partial charge is 0.224 e. The maximum Gasteiger partial charge on any atom is 0.224 e. The van der Waals surface area contributed by atoms with Gasteiger partial charge >= 0.3 is 0 Å². The van der Waals surface area contributed by atoms with Crippen LogP contribution in [0.2, 0.25) is 5.28 Å². The molecule has 0 saturated carbocycles. The highest BCUT2D eigenvalue weighted by Crippen LogP contribution is 2.23. The molecule has 3 rings (SSSR count). The van der Waals surface area contributed by atoms with E-state index in [-0.39, 0.29) is 11.3 Å². The molecule has 1 unspecified atom stereocenters. The fourth-order valence-corrected chi connectivity index (χ4v) is 2.25. The van der Waals surface area contributed by atoms with Crippen LogP contribution in [-0.4, -0.2) is 14.5 Å². The van der Waals surface area contributed by atoms with E-state index in [2.05, 4.69) is 33.6 Å². The summed E-state index contributed by atoms with van der Waals surface area (Å²) in [4.78, 5) is 8.29. The van der Waals surface area contributed by atoms with Crippen molar-refractivity contribution in [1.82, 2.24) is 14.5 Å². The molecule has 0 spiro atoms. The number of aromatic nitrogens is 3. The zero-order chi connectivity index (χ0) is 12.5. The Balaban J connectivity index is 2.12. The molecule has 1 atom stereocenters. The molecule has 0 fully saturated rings. The van der Waals surface area contributed by atoms with Crippen molar-refractivity contribution < 1.29 is 0 Å². The first kappa shape index (κ1) is 11.2. The molecule has 1 aromatic carbocycles. The van der Waals surface area contributed by atoms with Crippen molar-refractivity contribution in [2.45, 2.75) is 13.0 Å². The fraction of sp³-hybridized carbons (Fsp3) is 0.143. The van der Waals surface area contributed by atoms with Crippen molar-refractivity contribution in [3.63, 3.8) is 0 Å². The summed E-state index contributed by atoms with van der Waals surface area (Å²) in [7, 11) is 0. The lowest BCUT2D eigenvalue weighted by Gasteiger charge is -2.15. The molecule has 0 N–H and O–H groups in total. The molecule has 0 amide bonds. The topological polar surface area (TPSA) is 30.7 Å². The lowest BCUT2D eigenvalue weighted by molar-refractivity contribution is 0.658. The predicted molar refractivity (Wildman–Crippen MR) is 72.8 cm³/mol. The minimum absolute atomic E-state index is 0.217. The van der Waals surface area contributed by atoms with Crippen LogP contribution in [0.3, 0.4) is 0 Å². The number of nitrogens with zero attached hydrogens (tertiary/aromatic N) is 3. The summed E-state index contributed by atoms with van der Waals surface area (Å²) < 4.78 is 2.11. The average molecular weight is 258 g/mol. The van der Waals surface area contributed by atoms with E-state index in [1.165, 1.54) is 5.56 Å². The zero-order valence-corrected chi connectivity index (χ0v) is 10.7. The molecule has 0 saturated heterocycles. The Morgan fingerprint density at radius 3 is 2.72 bits per heavy atom. The molecule has 2 heterocycles. The van der Waals surface area contributed by atoms with Crippen LogP contribution < -0.4 is 0 Å². The molecule has 0 aliphatic carbocycles. The summed E-state index contributed by atoms with van der Waals surface area (Å²) in [5, 5.41) is 1.28. The van der Waals surface area contributed by atoms with Gasteiger partial charge in [-0.05, 0) is 30.2 Å². The highest BCUT2D eigenvalue weighted by Gasteiger charge is 2.11. The number of fused-ring (bicyclic) bond motifs is 1. The second-order valence-electron chi connectivity index (χ2n) is 4.23. The maximum absolute atomic E-state index is 5.86. The second kappa shape index (κ2) is 4.42.